The number of rotatable bonds is 6. The second kappa shape index (κ2) is 10.2. The molecule has 2 aliphatic heterocycles. The fourth-order valence-corrected chi connectivity index (χ4v) is 5.94. The van der Waals surface area contributed by atoms with Gasteiger partial charge in [-0.2, -0.15) is 0 Å². The zero-order valence-electron chi connectivity index (χ0n) is 20.6. The normalized spacial score (nSPS) is 18.9. The molecule has 0 amide bonds. The lowest BCUT2D eigenvalue weighted by atomic mass is 10.3. The van der Waals surface area contributed by atoms with Gasteiger partial charge in [0.25, 0.3) is 0 Å². The van der Waals surface area contributed by atoms with E-state index >= 15 is 0 Å². The van der Waals surface area contributed by atoms with E-state index in [0.717, 1.165) is 66.5 Å². The first-order valence-corrected chi connectivity index (χ1v) is 13.7. The second-order valence-electron chi connectivity index (χ2n) is 9.37. The van der Waals surface area contributed by atoms with Crippen molar-refractivity contribution in [3.8, 4) is 0 Å². The third-order valence-corrected chi connectivity index (χ3v) is 8.00. The minimum atomic E-state index is 0.117. The monoisotopic (exact) mass is 540 g/mol. The maximum absolute atomic E-state index is 6.73. The van der Waals surface area contributed by atoms with Crippen LogP contribution in [0.3, 0.4) is 0 Å². The largest absolute Gasteiger partial charge is 0.382 e. The van der Waals surface area contributed by atoms with Gasteiger partial charge >= 0.3 is 0 Å². The third-order valence-electron chi connectivity index (χ3n) is 6.76. The summed E-state index contributed by atoms with van der Waals surface area (Å²) < 4.78 is 5.44. The molecule has 4 aromatic rings. The van der Waals surface area contributed by atoms with Crippen molar-refractivity contribution in [2.45, 2.75) is 42.4 Å². The Balaban J connectivity index is 1.34. The van der Waals surface area contributed by atoms with Gasteiger partial charge in [-0.1, -0.05) is 18.5 Å². The Morgan fingerprint density at radius 3 is 2.78 bits per heavy atom. The molecule has 0 aromatic carbocycles. The molecule has 1 atom stereocenters. The molecule has 6 rings (SSSR count). The summed E-state index contributed by atoms with van der Waals surface area (Å²) in [6.45, 7) is 7.38. The van der Waals surface area contributed by atoms with E-state index in [4.69, 9.17) is 42.8 Å². The van der Waals surface area contributed by atoms with Crippen LogP contribution in [0.2, 0.25) is 5.02 Å². The van der Waals surface area contributed by atoms with E-state index in [1.54, 1.807) is 6.20 Å². The molecule has 6 heterocycles. The van der Waals surface area contributed by atoms with Crippen LogP contribution in [0.1, 0.15) is 24.9 Å². The van der Waals surface area contributed by atoms with Gasteiger partial charge in [-0.05, 0) is 30.7 Å². The van der Waals surface area contributed by atoms with Crippen molar-refractivity contribution in [1.29, 1.82) is 0 Å². The molecule has 37 heavy (non-hydrogen) atoms. The molecular formula is C24H29ClN10OS. The number of aromatic amines is 1. The first-order chi connectivity index (χ1) is 18.0. The van der Waals surface area contributed by atoms with E-state index in [-0.39, 0.29) is 6.04 Å². The van der Waals surface area contributed by atoms with Gasteiger partial charge < -0.3 is 26.1 Å². The SMILES string of the molecule is CCc1[nH]c2nc(Sc3cnc4c(N)nc(CN5CCOCC5)nc4c3)nc(N3CC[C@@H](N)C3)c2c1Cl. The number of nitrogens with zero attached hydrogens (tertiary/aromatic N) is 7. The number of nitrogens with two attached hydrogens (primary N) is 2. The number of hydrogen-bond donors (Lipinski definition) is 3. The third kappa shape index (κ3) is 4.91. The Bertz CT molecular complexity index is 1460. The summed E-state index contributed by atoms with van der Waals surface area (Å²) in [7, 11) is 0. The summed E-state index contributed by atoms with van der Waals surface area (Å²) in [5, 5.41) is 2.12. The molecule has 194 valence electrons. The minimum absolute atomic E-state index is 0.117. The van der Waals surface area contributed by atoms with Gasteiger partial charge in [0.2, 0.25) is 0 Å². The highest BCUT2D eigenvalue weighted by Gasteiger charge is 2.26. The summed E-state index contributed by atoms with van der Waals surface area (Å²) in [6, 6.07) is 2.08. The number of anilines is 2. The lowest BCUT2D eigenvalue weighted by Gasteiger charge is -2.25. The van der Waals surface area contributed by atoms with Gasteiger partial charge in [0, 0.05) is 49.0 Å². The number of hydrogen-bond acceptors (Lipinski definition) is 11. The molecule has 0 unspecified atom stereocenters. The standard InChI is InChI=1S/C24H29ClN10OS/c1-2-15-19(25)18-22(30-15)32-24(33-23(18)35-4-3-13(26)11-35)37-14-9-16-20(28-10-14)21(27)31-17(29-16)12-34-5-7-36-8-6-34/h9-10,13H,2-8,11-12,26H2,1H3,(H2,27,29,31)(H,30,32,33)/t13-/m1/s1. The molecule has 0 aliphatic carbocycles. The number of aryl methyl sites for hydroxylation is 1. The predicted octanol–water partition coefficient (Wildman–Crippen LogP) is 2.61. The lowest BCUT2D eigenvalue weighted by molar-refractivity contribution is 0.0331. The fourth-order valence-electron chi connectivity index (χ4n) is 4.83. The van der Waals surface area contributed by atoms with Crippen molar-refractivity contribution in [2.24, 2.45) is 5.73 Å². The first kappa shape index (κ1) is 24.6. The summed E-state index contributed by atoms with van der Waals surface area (Å²) in [5.74, 6) is 1.87. The highest BCUT2D eigenvalue weighted by atomic mass is 35.5. The van der Waals surface area contributed by atoms with Crippen LogP contribution in [0.4, 0.5) is 11.6 Å². The quantitative estimate of drug-likeness (QED) is 0.310. The van der Waals surface area contributed by atoms with Crippen molar-refractivity contribution in [2.75, 3.05) is 50.0 Å². The Hall–Kier alpha value is -2.77. The fraction of sp³-hybridized carbons (Fsp3) is 0.458. The topological polar surface area (TPSA) is 148 Å². The molecule has 11 nitrogen and oxygen atoms in total. The van der Waals surface area contributed by atoms with E-state index in [2.05, 4.69) is 31.7 Å². The molecule has 4 aromatic heterocycles. The molecule has 0 spiro atoms. The zero-order valence-corrected chi connectivity index (χ0v) is 22.1. The zero-order chi connectivity index (χ0) is 25.5. The number of ether oxygens (including phenoxy) is 1. The first-order valence-electron chi connectivity index (χ1n) is 12.5. The molecular weight excluding hydrogens is 512 g/mol. The number of halogens is 1. The number of aromatic nitrogens is 6. The average molecular weight is 541 g/mol. The van der Waals surface area contributed by atoms with Crippen molar-refractivity contribution >= 4 is 57.1 Å². The Morgan fingerprint density at radius 2 is 2.03 bits per heavy atom. The number of pyridine rings is 1. The van der Waals surface area contributed by atoms with Gasteiger partial charge in [0.1, 0.15) is 22.8 Å². The Kier molecular flexibility index (Phi) is 6.76. The lowest BCUT2D eigenvalue weighted by Crippen LogP contribution is -2.36. The van der Waals surface area contributed by atoms with Crippen molar-refractivity contribution in [3.63, 3.8) is 0 Å². The van der Waals surface area contributed by atoms with Crippen molar-refractivity contribution in [3.05, 3.63) is 28.8 Å². The highest BCUT2D eigenvalue weighted by Crippen LogP contribution is 2.37. The van der Waals surface area contributed by atoms with Gasteiger partial charge in [0.05, 0.1) is 35.7 Å². The van der Waals surface area contributed by atoms with E-state index in [0.29, 0.717) is 52.6 Å². The average Bonchev–Trinajstić information content (AvgIpc) is 3.46. The Morgan fingerprint density at radius 1 is 1.19 bits per heavy atom. The van der Waals surface area contributed by atoms with Gasteiger partial charge in [-0.3, -0.25) is 4.90 Å². The molecule has 0 radical (unpaired) electrons. The van der Waals surface area contributed by atoms with Crippen LogP contribution in [-0.4, -0.2) is 80.2 Å². The molecule has 13 heteroatoms. The maximum Gasteiger partial charge on any atom is 0.196 e. The van der Waals surface area contributed by atoms with Crippen LogP contribution in [0.25, 0.3) is 22.1 Å². The van der Waals surface area contributed by atoms with E-state index in [1.165, 1.54) is 11.8 Å². The summed E-state index contributed by atoms with van der Waals surface area (Å²) in [4.78, 5) is 32.2. The summed E-state index contributed by atoms with van der Waals surface area (Å²) >= 11 is 8.16. The van der Waals surface area contributed by atoms with Crippen LogP contribution < -0.4 is 16.4 Å². The van der Waals surface area contributed by atoms with Gasteiger partial charge in [0.15, 0.2) is 11.0 Å². The predicted molar refractivity (Wildman–Crippen MR) is 145 cm³/mol. The number of morpholine rings is 1. The number of H-pyrrole nitrogens is 1. The smallest absolute Gasteiger partial charge is 0.196 e. The van der Waals surface area contributed by atoms with Crippen LogP contribution in [0.5, 0.6) is 0 Å². The number of fused-ring (bicyclic) bond motifs is 2. The van der Waals surface area contributed by atoms with Crippen LogP contribution in [0, 0.1) is 0 Å². The highest BCUT2D eigenvalue weighted by molar-refractivity contribution is 7.99. The number of nitrogen functional groups attached to an aromatic ring is 1. The minimum Gasteiger partial charge on any atom is -0.382 e. The van der Waals surface area contributed by atoms with E-state index in [1.807, 2.05) is 6.07 Å². The number of nitrogens with one attached hydrogen (secondary N) is 1. The second-order valence-corrected chi connectivity index (χ2v) is 10.8. The molecule has 2 saturated heterocycles. The Labute approximate surface area is 223 Å². The van der Waals surface area contributed by atoms with Gasteiger partial charge in [-0.15, -0.1) is 0 Å². The van der Waals surface area contributed by atoms with Crippen LogP contribution in [0.15, 0.2) is 22.3 Å². The molecule has 2 fully saturated rings. The maximum atomic E-state index is 6.73. The molecule has 0 bridgehead atoms. The molecule has 5 N–H and O–H groups in total. The molecule has 2 aliphatic rings. The summed E-state index contributed by atoms with van der Waals surface area (Å²) in [6.07, 6.45) is 3.45. The van der Waals surface area contributed by atoms with Crippen molar-refractivity contribution in [1.82, 2.24) is 34.8 Å². The van der Waals surface area contributed by atoms with Crippen molar-refractivity contribution < 1.29 is 4.74 Å². The molecule has 0 saturated carbocycles. The van der Waals surface area contributed by atoms with Crippen LogP contribution in [-0.2, 0) is 17.7 Å². The van der Waals surface area contributed by atoms with Crippen LogP contribution >= 0.6 is 23.4 Å². The summed E-state index contributed by atoms with van der Waals surface area (Å²) in [5.41, 5.74) is 15.4. The van der Waals surface area contributed by atoms with E-state index < -0.39 is 0 Å². The van der Waals surface area contributed by atoms with E-state index in [9.17, 15) is 0 Å². The van der Waals surface area contributed by atoms with Gasteiger partial charge in [-0.25, -0.2) is 24.9 Å².